The van der Waals surface area contributed by atoms with Gasteiger partial charge in [-0.15, -0.1) is 0 Å². The van der Waals surface area contributed by atoms with Crippen molar-refractivity contribution < 1.29 is 24.2 Å². The first-order chi connectivity index (χ1) is 11.8. The van der Waals surface area contributed by atoms with Crippen LogP contribution >= 0.6 is 0 Å². The molecule has 0 spiro atoms. The van der Waals surface area contributed by atoms with Gasteiger partial charge in [0.15, 0.2) is 6.10 Å². The summed E-state index contributed by atoms with van der Waals surface area (Å²) in [7, 11) is 0. The van der Waals surface area contributed by atoms with Gasteiger partial charge in [0.25, 0.3) is 5.90 Å². The summed E-state index contributed by atoms with van der Waals surface area (Å²) in [4.78, 5) is 23.3. The van der Waals surface area contributed by atoms with Gasteiger partial charge in [0.2, 0.25) is 5.60 Å². The molecule has 6 heteroatoms. The molecule has 0 radical (unpaired) electrons. The molecule has 25 heavy (non-hydrogen) atoms. The van der Waals surface area contributed by atoms with E-state index in [1.165, 1.54) is 13.8 Å². The van der Waals surface area contributed by atoms with E-state index in [9.17, 15) is 9.59 Å². The Hall–Kier alpha value is -3.15. The van der Waals surface area contributed by atoms with Crippen LogP contribution in [0.1, 0.15) is 31.1 Å². The summed E-state index contributed by atoms with van der Waals surface area (Å²) in [6.45, 7) is 2.72. The molecular formula is C19H19NO5. The Balaban J connectivity index is 2.26. The number of carboxylic acid groups (broad SMARTS) is 1. The number of benzene rings is 2. The lowest BCUT2D eigenvalue weighted by molar-refractivity contribution is -0.165. The van der Waals surface area contributed by atoms with Crippen LogP contribution in [0.2, 0.25) is 0 Å². The normalized spacial score (nSPS) is 11.0. The van der Waals surface area contributed by atoms with Crippen LogP contribution in [0.25, 0.3) is 0 Å². The zero-order valence-corrected chi connectivity index (χ0v) is 13.9. The van der Waals surface area contributed by atoms with Crippen LogP contribution < -0.4 is 0 Å². The van der Waals surface area contributed by atoms with Gasteiger partial charge in [-0.3, -0.25) is 5.41 Å². The lowest BCUT2D eigenvalue weighted by Crippen LogP contribution is -2.41. The van der Waals surface area contributed by atoms with Gasteiger partial charge in [0.05, 0.1) is 0 Å². The van der Waals surface area contributed by atoms with Gasteiger partial charge in [-0.1, -0.05) is 60.7 Å². The van der Waals surface area contributed by atoms with Crippen molar-refractivity contribution in [1.29, 1.82) is 5.41 Å². The van der Waals surface area contributed by atoms with E-state index < -0.39 is 29.5 Å². The third-order valence-corrected chi connectivity index (χ3v) is 3.47. The smallest absolute Gasteiger partial charge is 0.391 e. The van der Waals surface area contributed by atoms with Crippen molar-refractivity contribution in [2.24, 2.45) is 0 Å². The molecular weight excluding hydrogens is 322 g/mol. The molecule has 0 unspecified atom stereocenters. The number of hydrogen-bond donors (Lipinski definition) is 2. The standard InChI is InChI=1S/C19H19NO5/c1-19(2,25-16(20)17(21)22)18(23)24-15(13-9-5-3-6-10-13)14-11-7-4-8-12-14/h3-12,15,20H,1-2H3,(H,21,22). The molecule has 2 aromatic carbocycles. The molecule has 0 aliphatic carbocycles. The number of rotatable bonds is 5. The Labute approximate surface area is 145 Å². The molecule has 6 nitrogen and oxygen atoms in total. The maximum Gasteiger partial charge on any atom is 0.391 e. The summed E-state index contributed by atoms with van der Waals surface area (Å²) in [6, 6.07) is 18.4. The van der Waals surface area contributed by atoms with E-state index in [1.54, 1.807) is 0 Å². The number of ether oxygens (including phenoxy) is 2. The zero-order valence-electron chi connectivity index (χ0n) is 13.9. The number of esters is 1. The summed E-state index contributed by atoms with van der Waals surface area (Å²) in [6.07, 6.45) is -0.670. The lowest BCUT2D eigenvalue weighted by atomic mass is 10.0. The Morgan fingerprint density at radius 3 is 1.80 bits per heavy atom. The highest BCUT2D eigenvalue weighted by molar-refractivity contribution is 6.30. The average Bonchev–Trinajstić information content (AvgIpc) is 2.60. The monoisotopic (exact) mass is 341 g/mol. The Morgan fingerprint density at radius 2 is 1.40 bits per heavy atom. The number of nitrogens with one attached hydrogen (secondary N) is 1. The second-order valence-corrected chi connectivity index (χ2v) is 5.85. The molecule has 0 saturated carbocycles. The van der Waals surface area contributed by atoms with Gasteiger partial charge in [-0.05, 0) is 25.0 Å². The molecule has 0 heterocycles. The second kappa shape index (κ2) is 7.61. The molecule has 0 aliphatic heterocycles. The van der Waals surface area contributed by atoms with E-state index in [4.69, 9.17) is 20.0 Å². The predicted octanol–water partition coefficient (Wildman–Crippen LogP) is 3.18. The van der Waals surface area contributed by atoms with Crippen LogP contribution in [0, 0.1) is 5.41 Å². The molecule has 2 rings (SSSR count). The maximum atomic E-state index is 12.5. The maximum absolute atomic E-state index is 12.5. The SMILES string of the molecule is CC(C)(OC(=N)C(=O)O)C(=O)OC(c1ccccc1)c1ccccc1. The van der Waals surface area contributed by atoms with Gasteiger partial charge in [0, 0.05) is 0 Å². The van der Waals surface area contributed by atoms with Crippen molar-refractivity contribution in [1.82, 2.24) is 0 Å². The topological polar surface area (TPSA) is 96.7 Å². The summed E-state index contributed by atoms with van der Waals surface area (Å²) >= 11 is 0. The van der Waals surface area contributed by atoms with Crippen molar-refractivity contribution in [3.05, 3.63) is 71.8 Å². The molecule has 0 saturated heterocycles. The van der Waals surface area contributed by atoms with Crippen LogP contribution in [0.15, 0.2) is 60.7 Å². The number of carbonyl (C=O) groups excluding carboxylic acids is 1. The minimum atomic E-state index is -1.61. The van der Waals surface area contributed by atoms with E-state index in [-0.39, 0.29) is 0 Å². The fourth-order valence-electron chi connectivity index (χ4n) is 2.17. The summed E-state index contributed by atoms with van der Waals surface area (Å²) in [5.74, 6) is -3.34. The predicted molar refractivity (Wildman–Crippen MR) is 91.3 cm³/mol. The molecule has 0 atom stereocenters. The number of carbonyl (C=O) groups is 2. The molecule has 0 bridgehead atoms. The lowest BCUT2D eigenvalue weighted by Gasteiger charge is -2.27. The summed E-state index contributed by atoms with van der Waals surface area (Å²) < 4.78 is 10.6. The van der Waals surface area contributed by atoms with Crippen LogP contribution in [0.5, 0.6) is 0 Å². The van der Waals surface area contributed by atoms with Crippen molar-refractivity contribution in [2.75, 3.05) is 0 Å². The van der Waals surface area contributed by atoms with Crippen molar-refractivity contribution in [2.45, 2.75) is 25.6 Å². The van der Waals surface area contributed by atoms with Gasteiger partial charge in [-0.25, -0.2) is 9.59 Å². The molecule has 2 N–H and O–H groups in total. The highest BCUT2D eigenvalue weighted by Crippen LogP contribution is 2.28. The summed E-state index contributed by atoms with van der Waals surface area (Å²) in [5.41, 5.74) is -0.0746. The van der Waals surface area contributed by atoms with E-state index in [0.717, 1.165) is 11.1 Å². The summed E-state index contributed by atoms with van der Waals surface area (Å²) in [5, 5.41) is 16.0. The number of carboxylic acids is 1. The van der Waals surface area contributed by atoms with Crippen LogP contribution in [-0.2, 0) is 19.1 Å². The minimum Gasteiger partial charge on any atom is -0.474 e. The van der Waals surface area contributed by atoms with Crippen molar-refractivity contribution in [3.63, 3.8) is 0 Å². The molecule has 2 aromatic rings. The third-order valence-electron chi connectivity index (χ3n) is 3.47. The fraction of sp³-hybridized carbons (Fsp3) is 0.211. The largest absolute Gasteiger partial charge is 0.474 e. The molecule has 0 aromatic heterocycles. The van der Waals surface area contributed by atoms with E-state index >= 15 is 0 Å². The molecule has 0 fully saturated rings. The first-order valence-corrected chi connectivity index (χ1v) is 7.63. The van der Waals surface area contributed by atoms with Gasteiger partial charge in [-0.2, -0.15) is 0 Å². The van der Waals surface area contributed by atoms with Crippen LogP contribution in [0.3, 0.4) is 0 Å². The first-order valence-electron chi connectivity index (χ1n) is 7.63. The highest BCUT2D eigenvalue weighted by Gasteiger charge is 2.36. The first kappa shape index (κ1) is 18.2. The third kappa shape index (κ3) is 4.67. The van der Waals surface area contributed by atoms with Crippen molar-refractivity contribution in [3.8, 4) is 0 Å². The Kier molecular flexibility index (Phi) is 5.54. The van der Waals surface area contributed by atoms with Gasteiger partial charge >= 0.3 is 11.9 Å². The molecule has 0 aliphatic rings. The number of aliphatic carboxylic acids is 1. The zero-order chi connectivity index (χ0) is 18.4. The van der Waals surface area contributed by atoms with Crippen molar-refractivity contribution >= 4 is 17.8 Å². The van der Waals surface area contributed by atoms with E-state index in [0.29, 0.717) is 0 Å². The number of hydrogen-bond acceptors (Lipinski definition) is 5. The quantitative estimate of drug-likeness (QED) is 0.494. The second-order valence-electron chi connectivity index (χ2n) is 5.85. The Bertz CT molecular complexity index is 716. The van der Waals surface area contributed by atoms with Crippen LogP contribution in [-0.4, -0.2) is 28.5 Å². The highest BCUT2D eigenvalue weighted by atomic mass is 16.6. The fourth-order valence-corrected chi connectivity index (χ4v) is 2.17. The molecule has 0 amide bonds. The molecule has 130 valence electrons. The van der Waals surface area contributed by atoms with Gasteiger partial charge in [0.1, 0.15) is 0 Å². The van der Waals surface area contributed by atoms with Gasteiger partial charge < -0.3 is 14.6 Å². The average molecular weight is 341 g/mol. The van der Waals surface area contributed by atoms with E-state index in [1.807, 2.05) is 60.7 Å². The van der Waals surface area contributed by atoms with E-state index in [2.05, 4.69) is 0 Å². The Morgan fingerprint density at radius 1 is 0.960 bits per heavy atom. The van der Waals surface area contributed by atoms with Crippen LogP contribution in [0.4, 0.5) is 0 Å². The minimum absolute atomic E-state index is 0.670.